The van der Waals surface area contributed by atoms with Crippen LogP contribution in [0.3, 0.4) is 0 Å². The molecule has 0 fully saturated rings. The van der Waals surface area contributed by atoms with Crippen LogP contribution >= 0.6 is 0 Å². The molecule has 2 aliphatic rings. The van der Waals surface area contributed by atoms with Gasteiger partial charge in [-0.3, -0.25) is 0 Å². The normalized spacial score (nSPS) is 22.9. The van der Waals surface area contributed by atoms with Gasteiger partial charge in [0.05, 0.1) is 5.54 Å². The molecule has 1 nitrogen and oxygen atoms in total. The van der Waals surface area contributed by atoms with Gasteiger partial charge in [-0.1, -0.05) is 48.0 Å². The Balaban J connectivity index is 2.11. The zero-order chi connectivity index (χ0) is 12.3. The third-order valence-corrected chi connectivity index (χ3v) is 4.19. The Morgan fingerprint density at radius 1 is 1.00 bits per heavy atom. The lowest BCUT2D eigenvalue weighted by Crippen LogP contribution is -2.36. The Bertz CT molecular complexity index is 697. The third kappa shape index (κ3) is 1.07. The quantitative estimate of drug-likeness (QED) is 0.732. The highest BCUT2D eigenvalue weighted by atomic mass is 15.0. The van der Waals surface area contributed by atoms with E-state index >= 15 is 0 Å². The van der Waals surface area contributed by atoms with Crippen molar-refractivity contribution >= 4 is 11.8 Å². The fraction of sp³-hybridized carbons (Fsp3) is 0.176. The van der Waals surface area contributed by atoms with E-state index in [1.807, 2.05) is 0 Å². The number of fused-ring (bicyclic) bond motifs is 7. The highest BCUT2D eigenvalue weighted by Gasteiger charge is 2.41. The Morgan fingerprint density at radius 2 is 1.83 bits per heavy atom. The molecule has 1 N–H and O–H groups in total. The van der Waals surface area contributed by atoms with Gasteiger partial charge in [-0.2, -0.15) is 0 Å². The maximum absolute atomic E-state index is 3.68. The van der Waals surface area contributed by atoms with Crippen LogP contribution in [0.2, 0.25) is 0 Å². The zero-order valence-electron chi connectivity index (χ0n) is 10.6. The first-order chi connectivity index (χ1) is 8.68. The maximum Gasteiger partial charge on any atom is 0.0863 e. The van der Waals surface area contributed by atoms with E-state index in [1.54, 1.807) is 0 Å². The molecule has 0 spiro atoms. The number of nitrogens with one attached hydrogen (secondary N) is 1. The lowest BCUT2D eigenvalue weighted by molar-refractivity contribution is 0.538. The van der Waals surface area contributed by atoms with E-state index in [0.29, 0.717) is 0 Å². The first-order valence-electron chi connectivity index (χ1n) is 6.39. The SMILES string of the molecule is Cc1ccc2c(c1)C1(C)NC(=C2)c2ccccc21. The van der Waals surface area contributed by atoms with Gasteiger partial charge >= 0.3 is 0 Å². The minimum atomic E-state index is -0.0674. The molecule has 2 aliphatic heterocycles. The summed E-state index contributed by atoms with van der Waals surface area (Å²) in [4.78, 5) is 0. The molecule has 88 valence electrons. The molecular formula is C17H15N. The highest BCUT2D eigenvalue weighted by molar-refractivity contribution is 5.91. The lowest BCUT2D eigenvalue weighted by atomic mass is 9.82. The lowest BCUT2D eigenvalue weighted by Gasteiger charge is -2.32. The van der Waals surface area contributed by atoms with Crippen LogP contribution < -0.4 is 5.32 Å². The molecule has 1 heteroatoms. The largest absolute Gasteiger partial charge is 0.371 e. The van der Waals surface area contributed by atoms with E-state index in [4.69, 9.17) is 0 Å². The van der Waals surface area contributed by atoms with E-state index in [0.717, 1.165) is 0 Å². The van der Waals surface area contributed by atoms with Crippen LogP contribution in [0, 0.1) is 6.92 Å². The summed E-state index contributed by atoms with van der Waals surface area (Å²) in [5.41, 5.74) is 7.96. The van der Waals surface area contributed by atoms with Gasteiger partial charge in [0.1, 0.15) is 0 Å². The molecule has 2 heterocycles. The van der Waals surface area contributed by atoms with Crippen molar-refractivity contribution in [1.29, 1.82) is 0 Å². The molecule has 2 aromatic carbocycles. The molecule has 0 amide bonds. The van der Waals surface area contributed by atoms with Crippen LogP contribution in [0.4, 0.5) is 0 Å². The Morgan fingerprint density at radius 3 is 2.72 bits per heavy atom. The molecular weight excluding hydrogens is 218 g/mol. The van der Waals surface area contributed by atoms with E-state index in [2.05, 4.69) is 67.7 Å². The van der Waals surface area contributed by atoms with Crippen LogP contribution in [0.5, 0.6) is 0 Å². The average Bonchev–Trinajstić information content (AvgIpc) is 2.62. The molecule has 18 heavy (non-hydrogen) atoms. The second-order valence-corrected chi connectivity index (χ2v) is 5.44. The molecule has 2 aromatic rings. The Kier molecular flexibility index (Phi) is 1.69. The summed E-state index contributed by atoms with van der Waals surface area (Å²) in [6, 6.07) is 15.4. The summed E-state index contributed by atoms with van der Waals surface area (Å²) < 4.78 is 0. The van der Waals surface area contributed by atoms with Gasteiger partial charge in [0.15, 0.2) is 0 Å². The van der Waals surface area contributed by atoms with Gasteiger partial charge < -0.3 is 5.32 Å². The van der Waals surface area contributed by atoms with Crippen molar-refractivity contribution in [2.75, 3.05) is 0 Å². The van der Waals surface area contributed by atoms with Crippen LogP contribution in [-0.2, 0) is 5.54 Å². The van der Waals surface area contributed by atoms with Crippen LogP contribution in [0.15, 0.2) is 42.5 Å². The maximum atomic E-state index is 3.68. The van der Waals surface area contributed by atoms with Gasteiger partial charge in [0.25, 0.3) is 0 Å². The van der Waals surface area contributed by atoms with E-state index in [1.165, 1.54) is 33.5 Å². The summed E-state index contributed by atoms with van der Waals surface area (Å²) >= 11 is 0. The summed E-state index contributed by atoms with van der Waals surface area (Å²) in [5.74, 6) is 0. The summed E-state index contributed by atoms with van der Waals surface area (Å²) in [5, 5.41) is 3.68. The van der Waals surface area contributed by atoms with Gasteiger partial charge in [-0.15, -0.1) is 0 Å². The van der Waals surface area contributed by atoms with Gasteiger partial charge in [-0.05, 0) is 36.6 Å². The number of hydrogen-bond donors (Lipinski definition) is 1. The number of hydrogen-bond acceptors (Lipinski definition) is 1. The van der Waals surface area contributed by atoms with E-state index in [9.17, 15) is 0 Å². The summed E-state index contributed by atoms with van der Waals surface area (Å²) in [7, 11) is 0. The summed E-state index contributed by atoms with van der Waals surface area (Å²) in [6.07, 6.45) is 2.27. The average molecular weight is 233 g/mol. The van der Waals surface area contributed by atoms with Gasteiger partial charge in [0.2, 0.25) is 0 Å². The van der Waals surface area contributed by atoms with Crippen molar-refractivity contribution in [3.63, 3.8) is 0 Å². The fourth-order valence-corrected chi connectivity index (χ4v) is 3.27. The number of rotatable bonds is 0. The van der Waals surface area contributed by atoms with Gasteiger partial charge in [0, 0.05) is 11.3 Å². The van der Waals surface area contributed by atoms with Crippen molar-refractivity contribution in [2.45, 2.75) is 19.4 Å². The highest BCUT2D eigenvalue weighted by Crippen LogP contribution is 2.46. The fourth-order valence-electron chi connectivity index (χ4n) is 3.27. The molecule has 1 unspecified atom stereocenters. The second-order valence-electron chi connectivity index (χ2n) is 5.44. The van der Waals surface area contributed by atoms with Crippen molar-refractivity contribution in [3.05, 3.63) is 70.3 Å². The van der Waals surface area contributed by atoms with Crippen molar-refractivity contribution in [2.24, 2.45) is 0 Å². The number of aryl methyl sites for hydroxylation is 1. The van der Waals surface area contributed by atoms with E-state index < -0.39 is 0 Å². The van der Waals surface area contributed by atoms with Crippen LogP contribution in [-0.4, -0.2) is 0 Å². The Hall–Kier alpha value is -2.02. The molecule has 4 rings (SSSR count). The second kappa shape index (κ2) is 3.05. The molecule has 0 saturated heterocycles. The first-order valence-corrected chi connectivity index (χ1v) is 6.39. The molecule has 2 bridgehead atoms. The monoisotopic (exact) mass is 233 g/mol. The molecule has 0 aromatic heterocycles. The molecule has 1 atom stereocenters. The van der Waals surface area contributed by atoms with Gasteiger partial charge in [-0.25, -0.2) is 0 Å². The molecule has 0 aliphatic carbocycles. The summed E-state index contributed by atoms with van der Waals surface area (Å²) in [6.45, 7) is 4.44. The predicted octanol–water partition coefficient (Wildman–Crippen LogP) is 3.67. The van der Waals surface area contributed by atoms with E-state index in [-0.39, 0.29) is 5.54 Å². The topological polar surface area (TPSA) is 12.0 Å². The molecule has 0 radical (unpaired) electrons. The third-order valence-electron chi connectivity index (χ3n) is 4.19. The van der Waals surface area contributed by atoms with Crippen molar-refractivity contribution < 1.29 is 0 Å². The minimum absolute atomic E-state index is 0.0674. The van der Waals surface area contributed by atoms with Crippen LogP contribution in [0.1, 0.15) is 34.7 Å². The predicted molar refractivity (Wildman–Crippen MR) is 75.1 cm³/mol. The van der Waals surface area contributed by atoms with Crippen molar-refractivity contribution in [3.8, 4) is 0 Å². The van der Waals surface area contributed by atoms with Crippen LogP contribution in [0.25, 0.3) is 11.8 Å². The minimum Gasteiger partial charge on any atom is -0.371 e. The standard InChI is InChI=1S/C17H15N/c1-11-7-8-12-10-16-13-5-3-4-6-14(13)17(2,18-16)15(12)9-11/h3-10,18H,1-2H3. The van der Waals surface area contributed by atoms with Crippen molar-refractivity contribution in [1.82, 2.24) is 5.32 Å². The Labute approximate surface area is 107 Å². The first kappa shape index (κ1) is 9.95. The zero-order valence-corrected chi connectivity index (χ0v) is 10.6. The molecule has 0 saturated carbocycles. The number of benzene rings is 2. The smallest absolute Gasteiger partial charge is 0.0863 e.